The molecule has 1 aliphatic rings. The van der Waals surface area contributed by atoms with E-state index in [1.54, 1.807) is 0 Å². The predicted molar refractivity (Wildman–Crippen MR) is 110 cm³/mol. The van der Waals surface area contributed by atoms with Crippen LogP contribution in [-0.2, 0) is 14.9 Å². The van der Waals surface area contributed by atoms with Crippen molar-refractivity contribution in [3.63, 3.8) is 0 Å². The number of esters is 1. The Morgan fingerprint density at radius 3 is 2.19 bits per heavy atom. The summed E-state index contributed by atoms with van der Waals surface area (Å²) in [7, 11) is 0. The Balaban J connectivity index is 0.00000338. The normalized spacial score (nSPS) is 15.5. The second-order valence-corrected chi connectivity index (χ2v) is 7.44. The molecule has 1 fully saturated rings. The van der Waals surface area contributed by atoms with Gasteiger partial charge in [0, 0.05) is 12.1 Å². The van der Waals surface area contributed by atoms with Crippen LogP contribution in [0.2, 0.25) is 0 Å². The van der Waals surface area contributed by atoms with E-state index in [1.165, 1.54) is 0 Å². The molecule has 0 saturated heterocycles. The van der Waals surface area contributed by atoms with Gasteiger partial charge in [-0.25, -0.2) is 0 Å². The van der Waals surface area contributed by atoms with Crippen molar-refractivity contribution < 1.29 is 9.53 Å². The van der Waals surface area contributed by atoms with E-state index in [4.69, 9.17) is 4.74 Å². The number of halogens is 1. The molecule has 2 rings (SSSR count). The van der Waals surface area contributed by atoms with E-state index in [2.05, 4.69) is 44.4 Å². The first kappa shape index (κ1) is 22.5. The van der Waals surface area contributed by atoms with Gasteiger partial charge < -0.3 is 4.74 Å². The summed E-state index contributed by atoms with van der Waals surface area (Å²) in [5.41, 5.74) is 0.612. The topological polar surface area (TPSA) is 29.5 Å². The van der Waals surface area contributed by atoms with Crippen molar-refractivity contribution in [1.82, 2.24) is 4.90 Å². The summed E-state index contributed by atoms with van der Waals surface area (Å²) in [5, 5.41) is 0. The fraction of sp³-hybridized carbons (Fsp3) is 0.591. The molecule has 0 aromatic heterocycles. The lowest BCUT2D eigenvalue weighted by Crippen LogP contribution is -2.37. The minimum Gasteiger partial charge on any atom is -0.452 e. The molecule has 0 unspecified atom stereocenters. The largest absolute Gasteiger partial charge is 0.452 e. The van der Waals surface area contributed by atoms with Gasteiger partial charge >= 0.3 is 5.97 Å². The van der Waals surface area contributed by atoms with Gasteiger partial charge in [-0.2, -0.15) is 0 Å². The first-order valence-corrected chi connectivity index (χ1v) is 9.41. The first-order chi connectivity index (χ1) is 12.0. The molecule has 0 bridgehead atoms. The van der Waals surface area contributed by atoms with Gasteiger partial charge in [0.15, 0.2) is 6.61 Å². The molecule has 4 heteroatoms. The van der Waals surface area contributed by atoms with Crippen molar-refractivity contribution >= 4 is 18.4 Å². The molecule has 1 aromatic rings. The molecule has 0 aliphatic heterocycles. The third-order valence-electron chi connectivity index (χ3n) is 5.16. The number of benzene rings is 1. The van der Waals surface area contributed by atoms with Crippen LogP contribution in [0.5, 0.6) is 0 Å². The zero-order valence-corrected chi connectivity index (χ0v) is 17.3. The highest BCUT2D eigenvalue weighted by atomic mass is 35.5. The highest BCUT2D eigenvalue weighted by Gasteiger charge is 2.43. The standard InChI is InChI=1S/C22H31NO2.ClH/c1-18(2)23(19(3)4)16-10-11-17-25-21(24)22(14-8-9-15-22)20-12-6-5-7-13-20;/h5-7,12-13,18-19H,8-9,14-17H2,1-4H3;1H. The molecule has 1 saturated carbocycles. The van der Waals surface area contributed by atoms with Crippen molar-refractivity contribution in [2.24, 2.45) is 0 Å². The Morgan fingerprint density at radius 1 is 1.08 bits per heavy atom. The van der Waals surface area contributed by atoms with Crippen molar-refractivity contribution in [1.29, 1.82) is 0 Å². The van der Waals surface area contributed by atoms with Gasteiger partial charge in [0.1, 0.15) is 0 Å². The lowest BCUT2D eigenvalue weighted by atomic mass is 9.79. The van der Waals surface area contributed by atoms with E-state index in [0.717, 1.165) is 31.2 Å². The molecule has 0 amide bonds. The van der Waals surface area contributed by atoms with Crippen molar-refractivity contribution in [2.75, 3.05) is 13.2 Å². The lowest BCUT2D eigenvalue weighted by molar-refractivity contribution is -0.149. The van der Waals surface area contributed by atoms with Crippen LogP contribution in [0.15, 0.2) is 30.3 Å². The Kier molecular flexibility index (Phi) is 9.19. The van der Waals surface area contributed by atoms with Gasteiger partial charge in [0.2, 0.25) is 0 Å². The quantitative estimate of drug-likeness (QED) is 0.536. The number of carbonyl (C=O) groups excluding carboxylic acids is 1. The summed E-state index contributed by atoms with van der Waals surface area (Å²) in [4.78, 5) is 15.1. The van der Waals surface area contributed by atoms with Crippen LogP contribution in [0.3, 0.4) is 0 Å². The molecule has 0 radical (unpaired) electrons. The highest BCUT2D eigenvalue weighted by molar-refractivity contribution is 5.85. The minimum atomic E-state index is -0.467. The molecule has 26 heavy (non-hydrogen) atoms. The van der Waals surface area contributed by atoms with Crippen LogP contribution in [0.25, 0.3) is 0 Å². The van der Waals surface area contributed by atoms with E-state index in [0.29, 0.717) is 18.6 Å². The highest BCUT2D eigenvalue weighted by Crippen LogP contribution is 2.42. The number of ether oxygens (including phenoxy) is 1. The summed E-state index contributed by atoms with van der Waals surface area (Å²) in [6.45, 7) is 9.57. The van der Waals surface area contributed by atoms with Gasteiger partial charge in [-0.05, 0) is 46.1 Å². The summed E-state index contributed by atoms with van der Waals surface area (Å²) in [5.74, 6) is 6.04. The van der Waals surface area contributed by atoms with Crippen LogP contribution in [-0.4, -0.2) is 36.1 Å². The van der Waals surface area contributed by atoms with Gasteiger partial charge in [0.05, 0.1) is 12.0 Å². The third kappa shape index (κ3) is 5.50. The average molecular weight is 378 g/mol. The predicted octanol–water partition coefficient (Wildman–Crippen LogP) is 4.59. The van der Waals surface area contributed by atoms with E-state index in [1.807, 2.05) is 30.3 Å². The second-order valence-electron chi connectivity index (χ2n) is 7.44. The number of nitrogens with zero attached hydrogens (tertiary/aromatic N) is 1. The Hall–Kier alpha value is -1.50. The van der Waals surface area contributed by atoms with Crippen molar-refractivity contribution in [3.05, 3.63) is 35.9 Å². The molecule has 3 nitrogen and oxygen atoms in total. The Labute approximate surface area is 164 Å². The van der Waals surface area contributed by atoms with Gasteiger partial charge in [-0.15, -0.1) is 12.4 Å². The minimum absolute atomic E-state index is 0. The molecule has 0 spiro atoms. The van der Waals surface area contributed by atoms with Crippen LogP contribution < -0.4 is 0 Å². The molecular formula is C22H32ClNO2. The van der Waals surface area contributed by atoms with Gasteiger partial charge in [-0.3, -0.25) is 9.69 Å². The number of rotatable bonds is 6. The fourth-order valence-corrected chi connectivity index (χ4v) is 3.75. The number of hydrogen-bond acceptors (Lipinski definition) is 3. The van der Waals surface area contributed by atoms with Crippen LogP contribution in [0.1, 0.15) is 58.9 Å². The fourth-order valence-electron chi connectivity index (χ4n) is 3.75. The molecule has 1 aromatic carbocycles. The van der Waals surface area contributed by atoms with E-state index in [9.17, 15) is 4.79 Å². The van der Waals surface area contributed by atoms with Crippen LogP contribution in [0, 0.1) is 11.8 Å². The maximum atomic E-state index is 12.8. The van der Waals surface area contributed by atoms with E-state index >= 15 is 0 Å². The molecule has 0 heterocycles. The molecular weight excluding hydrogens is 346 g/mol. The lowest BCUT2D eigenvalue weighted by Gasteiger charge is -2.28. The Bertz CT molecular complexity index is 602. The zero-order chi connectivity index (χ0) is 18.3. The van der Waals surface area contributed by atoms with Crippen LogP contribution >= 0.6 is 12.4 Å². The van der Waals surface area contributed by atoms with Gasteiger partial charge in [0.25, 0.3) is 0 Å². The molecule has 0 N–H and O–H groups in total. The summed E-state index contributed by atoms with van der Waals surface area (Å²) >= 11 is 0. The smallest absolute Gasteiger partial charge is 0.317 e. The number of hydrogen-bond donors (Lipinski definition) is 0. The maximum absolute atomic E-state index is 12.8. The van der Waals surface area contributed by atoms with E-state index < -0.39 is 5.41 Å². The Morgan fingerprint density at radius 2 is 1.65 bits per heavy atom. The summed E-state index contributed by atoms with van der Waals surface area (Å²) in [6.07, 6.45) is 3.90. The SMILES string of the molecule is CC(C)N(CC#CCOC(=O)C1(c2ccccc2)CCCC1)C(C)C.Cl. The summed E-state index contributed by atoms with van der Waals surface area (Å²) < 4.78 is 5.56. The zero-order valence-electron chi connectivity index (χ0n) is 16.5. The monoisotopic (exact) mass is 377 g/mol. The molecule has 0 atom stereocenters. The van der Waals surface area contributed by atoms with Crippen LogP contribution in [0.4, 0.5) is 0 Å². The van der Waals surface area contributed by atoms with Crippen molar-refractivity contribution in [2.45, 2.75) is 70.9 Å². The average Bonchev–Trinajstić information content (AvgIpc) is 3.09. The first-order valence-electron chi connectivity index (χ1n) is 9.41. The maximum Gasteiger partial charge on any atom is 0.317 e. The van der Waals surface area contributed by atoms with Gasteiger partial charge in [-0.1, -0.05) is 55.0 Å². The summed E-state index contributed by atoms with van der Waals surface area (Å²) in [6, 6.07) is 11.0. The van der Waals surface area contributed by atoms with Crippen molar-refractivity contribution in [3.8, 4) is 11.8 Å². The third-order valence-corrected chi connectivity index (χ3v) is 5.16. The molecule has 1 aliphatic carbocycles. The molecule has 144 valence electrons. The van der Waals surface area contributed by atoms with E-state index in [-0.39, 0.29) is 25.0 Å². The number of carbonyl (C=O) groups is 1. The second kappa shape index (κ2) is 10.6.